The van der Waals surface area contributed by atoms with E-state index >= 15 is 0 Å². The number of amides is 3. The van der Waals surface area contributed by atoms with Gasteiger partial charge >= 0.3 is 12.2 Å². The summed E-state index contributed by atoms with van der Waals surface area (Å²) in [5.41, 5.74) is 27.5. The molecule has 0 rings (SSSR count). The third kappa shape index (κ3) is 16.5. The van der Waals surface area contributed by atoms with E-state index in [1.807, 2.05) is 0 Å². The summed E-state index contributed by atoms with van der Waals surface area (Å²) in [5.74, 6) is -0.406. The molecule has 0 aliphatic carbocycles. The van der Waals surface area contributed by atoms with Crippen LogP contribution in [0.25, 0.3) is 0 Å². The maximum atomic E-state index is 12.8. The van der Waals surface area contributed by atoms with Gasteiger partial charge in [0.15, 0.2) is 0 Å². The number of carbonyl (C=O) groups excluding carboxylic acids is 3. The molecule has 0 saturated carbocycles. The number of carbonyl (C=O) groups is 3. The van der Waals surface area contributed by atoms with Gasteiger partial charge in [-0.05, 0) is 64.6 Å². The monoisotopic (exact) mass is 461 g/mol. The van der Waals surface area contributed by atoms with E-state index in [0.29, 0.717) is 51.7 Å². The second-order valence-corrected chi connectivity index (χ2v) is 7.74. The van der Waals surface area contributed by atoms with Crippen LogP contribution in [0.3, 0.4) is 0 Å². The van der Waals surface area contributed by atoms with Crippen LogP contribution < -0.4 is 39.3 Å². The van der Waals surface area contributed by atoms with Crippen LogP contribution in [0.1, 0.15) is 57.8 Å². The number of rotatable bonds is 19. The molecule has 0 bridgehead atoms. The quantitative estimate of drug-likeness (QED) is 0.121. The molecule has 0 aliphatic heterocycles. The molecule has 3 unspecified atom stereocenters. The Kier molecular flexibility index (Phi) is 18.2. The summed E-state index contributed by atoms with van der Waals surface area (Å²) in [6.07, 6.45) is 4.53. The van der Waals surface area contributed by atoms with E-state index in [0.717, 1.165) is 25.7 Å². The maximum Gasteiger partial charge on any atom is 0.407 e. The Morgan fingerprint density at radius 2 is 1.28 bits per heavy atom. The first kappa shape index (κ1) is 29.9. The van der Waals surface area contributed by atoms with Gasteiger partial charge in [0.05, 0.1) is 6.04 Å². The summed E-state index contributed by atoms with van der Waals surface area (Å²) >= 11 is 0. The molecule has 3 atom stereocenters. The summed E-state index contributed by atoms with van der Waals surface area (Å²) in [7, 11) is 0. The van der Waals surface area contributed by atoms with Gasteiger partial charge in [-0.3, -0.25) is 4.79 Å². The van der Waals surface area contributed by atoms with Crippen molar-refractivity contribution in [2.24, 2.45) is 28.7 Å². The summed E-state index contributed by atoms with van der Waals surface area (Å²) in [4.78, 5) is 36.0. The Morgan fingerprint density at radius 1 is 0.719 bits per heavy atom. The van der Waals surface area contributed by atoms with Crippen molar-refractivity contribution < 1.29 is 23.9 Å². The van der Waals surface area contributed by atoms with Gasteiger partial charge in [0.2, 0.25) is 5.91 Å². The first-order chi connectivity index (χ1) is 15.3. The van der Waals surface area contributed by atoms with E-state index < -0.39 is 30.2 Å². The third-order valence-electron chi connectivity index (χ3n) is 4.79. The van der Waals surface area contributed by atoms with Gasteiger partial charge in [-0.25, -0.2) is 9.59 Å². The van der Waals surface area contributed by atoms with E-state index in [2.05, 4.69) is 10.6 Å². The van der Waals surface area contributed by atoms with Crippen molar-refractivity contribution in [2.45, 2.75) is 75.9 Å². The second kappa shape index (κ2) is 19.5. The lowest BCUT2D eigenvalue weighted by Gasteiger charge is -2.23. The number of nitrogens with two attached hydrogens (primary N) is 5. The second-order valence-electron chi connectivity index (χ2n) is 7.74. The largest absolute Gasteiger partial charge is 0.448 e. The van der Waals surface area contributed by atoms with Crippen molar-refractivity contribution in [1.29, 1.82) is 0 Å². The van der Waals surface area contributed by atoms with Crippen molar-refractivity contribution in [3.8, 4) is 0 Å². The predicted octanol–water partition coefficient (Wildman–Crippen LogP) is -0.624. The molecule has 0 radical (unpaired) electrons. The first-order valence-corrected chi connectivity index (χ1v) is 11.4. The fraction of sp³-hybridized carbons (Fsp3) is 0.850. The Morgan fingerprint density at radius 3 is 1.84 bits per heavy atom. The Hall–Kier alpha value is -2.15. The molecule has 3 amide bonds. The van der Waals surface area contributed by atoms with Crippen LogP contribution >= 0.6 is 0 Å². The zero-order valence-electron chi connectivity index (χ0n) is 19.1. The standard InChI is InChI=1S/C20H43N7O5/c21-10-4-1-7-15(24)13-32-20(30)27-17(9-3-6-12-23)18(28)26-16(8-2-5-11-22)14-31-19(25)29/h15-17H,1-14,21-24H2,(H2,25,29)(H,26,28)(H,27,30). The smallest absolute Gasteiger partial charge is 0.407 e. The zero-order valence-corrected chi connectivity index (χ0v) is 19.1. The number of ether oxygens (including phenoxy) is 2. The Balaban J connectivity index is 4.82. The van der Waals surface area contributed by atoms with Gasteiger partial charge in [0.25, 0.3) is 0 Å². The number of nitrogens with one attached hydrogen (secondary N) is 2. The van der Waals surface area contributed by atoms with Crippen molar-refractivity contribution in [1.82, 2.24) is 10.6 Å². The number of hydrogen-bond acceptors (Lipinski definition) is 9. The van der Waals surface area contributed by atoms with Crippen molar-refractivity contribution in [2.75, 3.05) is 32.8 Å². The summed E-state index contributed by atoms with van der Waals surface area (Å²) in [6.45, 7) is 1.56. The topological polar surface area (TPSA) is 224 Å². The van der Waals surface area contributed by atoms with Gasteiger partial charge in [-0.2, -0.15) is 0 Å². The molecule has 0 heterocycles. The number of unbranched alkanes of at least 4 members (excludes halogenated alkanes) is 3. The number of alkyl carbamates (subject to hydrolysis) is 1. The van der Waals surface area contributed by atoms with Crippen molar-refractivity contribution in [3.63, 3.8) is 0 Å². The molecule has 0 aromatic heterocycles. The van der Waals surface area contributed by atoms with E-state index in [1.165, 1.54) is 0 Å². The highest BCUT2D eigenvalue weighted by Gasteiger charge is 2.24. The molecule has 0 fully saturated rings. The summed E-state index contributed by atoms with van der Waals surface area (Å²) in [5, 5.41) is 5.41. The lowest BCUT2D eigenvalue weighted by molar-refractivity contribution is -0.124. The van der Waals surface area contributed by atoms with E-state index in [-0.39, 0.29) is 19.3 Å². The minimum absolute atomic E-state index is 0.0434. The van der Waals surface area contributed by atoms with Gasteiger partial charge in [0.1, 0.15) is 19.3 Å². The first-order valence-electron chi connectivity index (χ1n) is 11.4. The van der Waals surface area contributed by atoms with E-state index in [4.69, 9.17) is 38.1 Å². The van der Waals surface area contributed by atoms with Crippen LogP contribution in [0.15, 0.2) is 0 Å². The molecule has 32 heavy (non-hydrogen) atoms. The lowest BCUT2D eigenvalue weighted by atomic mass is 10.1. The van der Waals surface area contributed by atoms with Crippen LogP contribution in [0.2, 0.25) is 0 Å². The molecule has 0 aromatic carbocycles. The van der Waals surface area contributed by atoms with Crippen LogP contribution in [0.5, 0.6) is 0 Å². The van der Waals surface area contributed by atoms with Crippen LogP contribution in [-0.4, -0.2) is 69.1 Å². The summed E-state index contributed by atoms with van der Waals surface area (Å²) in [6, 6.07) is -1.57. The predicted molar refractivity (Wildman–Crippen MR) is 122 cm³/mol. The molecule has 0 spiro atoms. The van der Waals surface area contributed by atoms with Gasteiger partial charge in [-0.1, -0.05) is 12.8 Å². The highest BCUT2D eigenvalue weighted by Crippen LogP contribution is 2.06. The van der Waals surface area contributed by atoms with Crippen LogP contribution in [0, 0.1) is 0 Å². The minimum Gasteiger partial charge on any atom is -0.448 e. The minimum atomic E-state index is -0.924. The van der Waals surface area contributed by atoms with Gasteiger partial charge in [0, 0.05) is 6.04 Å². The lowest BCUT2D eigenvalue weighted by Crippen LogP contribution is -2.51. The average molecular weight is 462 g/mol. The zero-order chi connectivity index (χ0) is 24.2. The van der Waals surface area contributed by atoms with Crippen molar-refractivity contribution >= 4 is 18.1 Å². The molecular formula is C20H43N7O5. The number of primary amides is 1. The normalized spacial score (nSPS) is 13.6. The molecule has 188 valence electrons. The van der Waals surface area contributed by atoms with E-state index in [1.54, 1.807) is 0 Å². The van der Waals surface area contributed by atoms with E-state index in [9.17, 15) is 14.4 Å². The average Bonchev–Trinajstić information content (AvgIpc) is 2.75. The maximum absolute atomic E-state index is 12.8. The molecular weight excluding hydrogens is 418 g/mol. The van der Waals surface area contributed by atoms with Crippen molar-refractivity contribution in [3.05, 3.63) is 0 Å². The Bertz CT molecular complexity index is 525. The third-order valence-corrected chi connectivity index (χ3v) is 4.79. The molecule has 12 N–H and O–H groups in total. The van der Waals surface area contributed by atoms with Crippen LogP contribution in [-0.2, 0) is 14.3 Å². The molecule has 12 nitrogen and oxygen atoms in total. The molecule has 0 aromatic rings. The summed E-state index contributed by atoms with van der Waals surface area (Å²) < 4.78 is 10.0. The molecule has 0 saturated heterocycles. The van der Waals surface area contributed by atoms with Gasteiger partial charge < -0.3 is 48.8 Å². The highest BCUT2D eigenvalue weighted by molar-refractivity contribution is 5.85. The van der Waals surface area contributed by atoms with Gasteiger partial charge in [-0.15, -0.1) is 0 Å². The Labute approximate surface area is 190 Å². The van der Waals surface area contributed by atoms with Crippen LogP contribution in [0.4, 0.5) is 9.59 Å². The fourth-order valence-electron chi connectivity index (χ4n) is 2.98. The fourth-order valence-corrected chi connectivity index (χ4v) is 2.98. The highest BCUT2D eigenvalue weighted by atomic mass is 16.6. The SMILES string of the molecule is NCCCCC(N)COC(=O)NC(CCCCN)C(=O)NC(CCCCN)COC(N)=O. The number of hydrogen-bond donors (Lipinski definition) is 7. The molecule has 0 aliphatic rings. The molecule has 12 heteroatoms.